The molecule has 1 aromatic heterocycles. The molecule has 0 bridgehead atoms. The van der Waals surface area contributed by atoms with E-state index in [1.54, 1.807) is 6.20 Å². The van der Waals surface area contributed by atoms with E-state index in [0.29, 0.717) is 5.82 Å². The third kappa shape index (κ3) is 3.17. The fourth-order valence-electron chi connectivity index (χ4n) is 3.13. The van der Waals surface area contributed by atoms with Crippen LogP contribution in [0.3, 0.4) is 0 Å². The zero-order valence-corrected chi connectivity index (χ0v) is 13.0. The van der Waals surface area contributed by atoms with Gasteiger partial charge in [-0.3, -0.25) is 4.79 Å². The number of amides is 1. The first kappa shape index (κ1) is 14.7. The number of anilines is 1. The fraction of sp³-hybridized carbons (Fsp3) is 0.333. The van der Waals surface area contributed by atoms with E-state index in [1.807, 2.05) is 37.3 Å². The molecule has 2 atom stereocenters. The number of benzene rings is 1. The van der Waals surface area contributed by atoms with Gasteiger partial charge in [-0.25, -0.2) is 4.98 Å². The molecule has 1 N–H and O–H groups in total. The van der Waals surface area contributed by atoms with Gasteiger partial charge in [-0.05, 0) is 37.2 Å². The Bertz CT molecular complexity index is 656. The van der Waals surface area contributed by atoms with Crippen molar-refractivity contribution >= 4 is 11.7 Å². The number of carbonyl (C=O) groups excluding carboxylic acids is 1. The number of aromatic nitrogens is 1. The predicted molar refractivity (Wildman–Crippen MR) is 87.8 cm³/mol. The van der Waals surface area contributed by atoms with Gasteiger partial charge in [0.15, 0.2) is 0 Å². The Morgan fingerprint density at radius 3 is 2.73 bits per heavy atom. The minimum Gasteiger partial charge on any atom is -0.310 e. The van der Waals surface area contributed by atoms with Crippen LogP contribution in [0.4, 0.5) is 5.82 Å². The number of carbonyl (C=O) groups is 1. The SMILES string of the molecule is Cc1ccnc(NC(=O)[C@H]2CN(C)C[C@H]2c2ccccc2)c1. The van der Waals surface area contributed by atoms with Crippen molar-refractivity contribution in [1.29, 1.82) is 0 Å². The lowest BCUT2D eigenvalue weighted by Crippen LogP contribution is -2.28. The molecular weight excluding hydrogens is 274 g/mol. The van der Waals surface area contributed by atoms with E-state index in [0.717, 1.165) is 18.7 Å². The normalized spacial score (nSPS) is 21.7. The number of aryl methyl sites for hydroxylation is 1. The van der Waals surface area contributed by atoms with E-state index in [4.69, 9.17) is 0 Å². The number of hydrogen-bond donors (Lipinski definition) is 1. The van der Waals surface area contributed by atoms with Crippen LogP contribution >= 0.6 is 0 Å². The molecule has 2 heterocycles. The van der Waals surface area contributed by atoms with Crippen LogP contribution in [0, 0.1) is 12.8 Å². The Balaban J connectivity index is 1.78. The molecule has 114 valence electrons. The van der Waals surface area contributed by atoms with E-state index in [2.05, 4.69) is 34.4 Å². The minimum absolute atomic E-state index is 0.0466. The summed E-state index contributed by atoms with van der Waals surface area (Å²) in [6, 6.07) is 14.1. The first-order valence-electron chi connectivity index (χ1n) is 7.60. The van der Waals surface area contributed by atoms with Crippen molar-refractivity contribution in [3.63, 3.8) is 0 Å². The molecule has 0 aliphatic carbocycles. The number of likely N-dealkylation sites (tertiary alicyclic amines) is 1. The highest BCUT2D eigenvalue weighted by Gasteiger charge is 2.36. The van der Waals surface area contributed by atoms with Crippen molar-refractivity contribution in [3.05, 3.63) is 59.8 Å². The lowest BCUT2D eigenvalue weighted by atomic mass is 9.88. The average Bonchev–Trinajstić information content (AvgIpc) is 2.90. The summed E-state index contributed by atoms with van der Waals surface area (Å²) >= 11 is 0. The molecule has 2 aromatic rings. The summed E-state index contributed by atoms with van der Waals surface area (Å²) in [5, 5.41) is 2.97. The molecule has 1 aliphatic rings. The highest BCUT2D eigenvalue weighted by molar-refractivity contribution is 5.92. The molecular formula is C18H21N3O. The highest BCUT2D eigenvalue weighted by atomic mass is 16.2. The molecule has 1 fully saturated rings. The molecule has 4 heteroatoms. The van der Waals surface area contributed by atoms with Crippen LogP contribution < -0.4 is 5.32 Å². The van der Waals surface area contributed by atoms with E-state index in [9.17, 15) is 4.79 Å². The van der Waals surface area contributed by atoms with Crippen molar-refractivity contribution in [2.24, 2.45) is 5.92 Å². The van der Waals surface area contributed by atoms with Crippen LogP contribution in [0.1, 0.15) is 17.0 Å². The Morgan fingerprint density at radius 2 is 2.00 bits per heavy atom. The molecule has 1 saturated heterocycles. The second-order valence-electron chi connectivity index (χ2n) is 6.05. The molecule has 3 rings (SSSR count). The van der Waals surface area contributed by atoms with Crippen molar-refractivity contribution in [3.8, 4) is 0 Å². The maximum absolute atomic E-state index is 12.7. The smallest absolute Gasteiger partial charge is 0.230 e. The molecule has 0 spiro atoms. The molecule has 4 nitrogen and oxygen atoms in total. The topological polar surface area (TPSA) is 45.2 Å². The van der Waals surface area contributed by atoms with Gasteiger partial charge in [-0.15, -0.1) is 0 Å². The number of pyridine rings is 1. The third-order valence-corrected chi connectivity index (χ3v) is 4.23. The van der Waals surface area contributed by atoms with Crippen LogP contribution in [0.5, 0.6) is 0 Å². The Morgan fingerprint density at radius 1 is 1.23 bits per heavy atom. The largest absolute Gasteiger partial charge is 0.310 e. The van der Waals surface area contributed by atoms with E-state index < -0.39 is 0 Å². The Hall–Kier alpha value is -2.20. The zero-order valence-electron chi connectivity index (χ0n) is 13.0. The Labute approximate surface area is 131 Å². The monoisotopic (exact) mass is 295 g/mol. The van der Waals surface area contributed by atoms with Crippen molar-refractivity contribution in [1.82, 2.24) is 9.88 Å². The molecule has 0 saturated carbocycles. The van der Waals surface area contributed by atoms with Crippen LogP contribution in [0.15, 0.2) is 48.7 Å². The van der Waals surface area contributed by atoms with E-state index in [1.165, 1.54) is 5.56 Å². The van der Waals surface area contributed by atoms with E-state index in [-0.39, 0.29) is 17.7 Å². The van der Waals surface area contributed by atoms with Gasteiger partial charge in [0, 0.05) is 25.2 Å². The summed E-state index contributed by atoms with van der Waals surface area (Å²) in [5.74, 6) is 0.869. The maximum atomic E-state index is 12.7. The van der Waals surface area contributed by atoms with Gasteiger partial charge < -0.3 is 10.2 Å². The number of rotatable bonds is 3. The van der Waals surface area contributed by atoms with Gasteiger partial charge in [0.1, 0.15) is 5.82 Å². The first-order chi connectivity index (χ1) is 10.6. The standard InChI is InChI=1S/C18H21N3O/c1-13-8-9-19-17(10-13)20-18(22)16-12-21(2)11-15(16)14-6-4-3-5-7-14/h3-10,15-16H,11-12H2,1-2H3,(H,19,20,22)/t15-,16-/m0/s1. The third-order valence-electron chi connectivity index (χ3n) is 4.23. The van der Waals surface area contributed by atoms with Crippen molar-refractivity contribution < 1.29 is 4.79 Å². The van der Waals surface area contributed by atoms with Gasteiger partial charge >= 0.3 is 0 Å². The van der Waals surface area contributed by atoms with Gasteiger partial charge in [0.25, 0.3) is 0 Å². The first-order valence-corrected chi connectivity index (χ1v) is 7.60. The minimum atomic E-state index is -0.0466. The van der Waals surface area contributed by atoms with Crippen LogP contribution in [0.2, 0.25) is 0 Å². The van der Waals surface area contributed by atoms with Crippen LogP contribution in [-0.4, -0.2) is 35.9 Å². The number of nitrogens with zero attached hydrogens (tertiary/aromatic N) is 2. The summed E-state index contributed by atoms with van der Waals surface area (Å²) in [7, 11) is 2.06. The summed E-state index contributed by atoms with van der Waals surface area (Å²) < 4.78 is 0. The lowest BCUT2D eigenvalue weighted by molar-refractivity contribution is -0.119. The molecule has 22 heavy (non-hydrogen) atoms. The maximum Gasteiger partial charge on any atom is 0.230 e. The molecule has 0 radical (unpaired) electrons. The van der Waals surface area contributed by atoms with Gasteiger partial charge in [-0.1, -0.05) is 30.3 Å². The van der Waals surface area contributed by atoms with Gasteiger partial charge in [-0.2, -0.15) is 0 Å². The number of nitrogens with one attached hydrogen (secondary N) is 1. The summed E-state index contributed by atoms with van der Waals surface area (Å²) in [4.78, 5) is 19.1. The molecule has 0 unspecified atom stereocenters. The summed E-state index contributed by atoms with van der Waals surface area (Å²) in [6.45, 7) is 3.67. The van der Waals surface area contributed by atoms with Gasteiger partial charge in [0.2, 0.25) is 5.91 Å². The summed E-state index contributed by atoms with van der Waals surface area (Å²) in [5.41, 5.74) is 2.32. The van der Waals surface area contributed by atoms with Crippen LogP contribution in [0.25, 0.3) is 0 Å². The quantitative estimate of drug-likeness (QED) is 0.947. The molecule has 1 aromatic carbocycles. The number of hydrogen-bond acceptors (Lipinski definition) is 3. The van der Waals surface area contributed by atoms with Crippen molar-refractivity contribution in [2.75, 3.05) is 25.5 Å². The fourth-order valence-corrected chi connectivity index (χ4v) is 3.13. The number of likely N-dealkylation sites (N-methyl/N-ethyl adjacent to an activating group) is 1. The zero-order chi connectivity index (χ0) is 15.5. The lowest BCUT2D eigenvalue weighted by Gasteiger charge is -2.18. The Kier molecular flexibility index (Phi) is 4.20. The highest BCUT2D eigenvalue weighted by Crippen LogP contribution is 2.32. The second-order valence-corrected chi connectivity index (χ2v) is 6.05. The van der Waals surface area contributed by atoms with E-state index >= 15 is 0 Å². The van der Waals surface area contributed by atoms with Crippen LogP contribution in [-0.2, 0) is 4.79 Å². The predicted octanol–water partition coefficient (Wildman–Crippen LogP) is 2.67. The second kappa shape index (κ2) is 6.28. The summed E-state index contributed by atoms with van der Waals surface area (Å²) in [6.07, 6.45) is 1.72. The average molecular weight is 295 g/mol. The van der Waals surface area contributed by atoms with Gasteiger partial charge in [0.05, 0.1) is 5.92 Å². The van der Waals surface area contributed by atoms with Crippen molar-refractivity contribution in [2.45, 2.75) is 12.8 Å². The molecule has 1 amide bonds. The molecule has 1 aliphatic heterocycles.